The number of aromatic nitrogens is 4. The topological polar surface area (TPSA) is 52.8 Å². The molecular formula is C8H13ClN4O. The highest BCUT2D eigenvalue weighted by Gasteiger charge is 2.23. The molecule has 1 aromatic rings. The first-order valence-electron chi connectivity index (χ1n) is 4.75. The Bertz CT molecular complexity index is 303. The van der Waals surface area contributed by atoms with Crippen molar-refractivity contribution in [1.29, 1.82) is 0 Å². The minimum atomic E-state index is 0.279. The van der Waals surface area contributed by atoms with Crippen LogP contribution in [0.25, 0.3) is 0 Å². The van der Waals surface area contributed by atoms with Crippen LogP contribution in [0.4, 0.5) is 0 Å². The van der Waals surface area contributed by atoms with Crippen LogP contribution in [0.5, 0.6) is 0 Å². The molecule has 2 rings (SSSR count). The summed E-state index contributed by atoms with van der Waals surface area (Å²) in [5.74, 6) is 1.10. The van der Waals surface area contributed by atoms with Crippen LogP contribution in [0.1, 0.15) is 31.6 Å². The van der Waals surface area contributed by atoms with Crippen molar-refractivity contribution >= 4 is 11.6 Å². The summed E-state index contributed by atoms with van der Waals surface area (Å²) in [5, 5.41) is 11.5. The van der Waals surface area contributed by atoms with Gasteiger partial charge in [0, 0.05) is 6.61 Å². The normalized spacial score (nSPS) is 27.9. The van der Waals surface area contributed by atoms with Gasteiger partial charge in [-0.2, -0.15) is 0 Å². The lowest BCUT2D eigenvalue weighted by atomic mass is 10.0. The number of alkyl halides is 1. The molecule has 2 unspecified atom stereocenters. The third-order valence-corrected chi connectivity index (χ3v) is 2.72. The lowest BCUT2D eigenvalue weighted by Crippen LogP contribution is -2.27. The molecule has 1 aliphatic rings. The summed E-state index contributed by atoms with van der Waals surface area (Å²) in [7, 11) is 0. The molecule has 78 valence electrons. The van der Waals surface area contributed by atoms with Gasteiger partial charge >= 0.3 is 0 Å². The molecule has 0 aliphatic carbocycles. The van der Waals surface area contributed by atoms with Gasteiger partial charge in [-0.1, -0.05) is 0 Å². The molecule has 0 spiro atoms. The van der Waals surface area contributed by atoms with Crippen molar-refractivity contribution in [1.82, 2.24) is 20.2 Å². The third-order valence-electron chi connectivity index (χ3n) is 2.48. The van der Waals surface area contributed by atoms with E-state index in [0.29, 0.717) is 11.9 Å². The zero-order valence-corrected chi connectivity index (χ0v) is 8.81. The first kappa shape index (κ1) is 9.86. The smallest absolute Gasteiger partial charge is 0.166 e. The van der Waals surface area contributed by atoms with Crippen molar-refractivity contribution in [3.63, 3.8) is 0 Å². The van der Waals surface area contributed by atoms with E-state index in [4.69, 9.17) is 16.3 Å². The van der Waals surface area contributed by atoms with Crippen LogP contribution in [0, 0.1) is 0 Å². The second-order valence-electron chi connectivity index (χ2n) is 3.53. The van der Waals surface area contributed by atoms with Gasteiger partial charge in [0.2, 0.25) is 0 Å². The zero-order valence-electron chi connectivity index (χ0n) is 8.06. The van der Waals surface area contributed by atoms with Crippen molar-refractivity contribution in [2.45, 2.75) is 37.8 Å². The number of rotatable bonds is 2. The summed E-state index contributed by atoms with van der Waals surface area (Å²) in [6.07, 6.45) is 2.19. The van der Waals surface area contributed by atoms with Crippen LogP contribution >= 0.6 is 11.6 Å². The van der Waals surface area contributed by atoms with Crippen LogP contribution < -0.4 is 0 Å². The van der Waals surface area contributed by atoms with Crippen molar-refractivity contribution in [3.8, 4) is 0 Å². The van der Waals surface area contributed by atoms with Gasteiger partial charge in [0.25, 0.3) is 0 Å². The Morgan fingerprint density at radius 2 is 2.50 bits per heavy atom. The Hall–Kier alpha value is -0.680. The van der Waals surface area contributed by atoms with Crippen molar-refractivity contribution in [2.24, 2.45) is 0 Å². The standard InChI is InChI=1S/C8H13ClN4O/c1-6-4-7(2-3-14-6)13-8(5-9)10-11-12-13/h6-7H,2-5H2,1H3. The molecule has 0 aromatic carbocycles. The van der Waals surface area contributed by atoms with Crippen molar-refractivity contribution in [2.75, 3.05) is 6.61 Å². The SMILES string of the molecule is CC1CC(n2nnnc2CCl)CCO1. The first-order chi connectivity index (χ1) is 6.81. The van der Waals surface area contributed by atoms with E-state index in [1.807, 2.05) is 4.68 Å². The van der Waals surface area contributed by atoms with E-state index < -0.39 is 0 Å². The molecule has 6 heteroatoms. The van der Waals surface area contributed by atoms with Gasteiger partial charge in [-0.05, 0) is 30.2 Å². The van der Waals surface area contributed by atoms with Crippen LogP contribution in [-0.2, 0) is 10.6 Å². The lowest BCUT2D eigenvalue weighted by molar-refractivity contribution is 0.00267. The Balaban J connectivity index is 2.13. The maximum Gasteiger partial charge on any atom is 0.166 e. The molecule has 1 aliphatic heterocycles. The van der Waals surface area contributed by atoms with Gasteiger partial charge in [-0.25, -0.2) is 4.68 Å². The molecule has 0 amide bonds. The molecule has 2 atom stereocenters. The molecule has 0 saturated carbocycles. The number of halogens is 1. The first-order valence-corrected chi connectivity index (χ1v) is 5.29. The van der Waals surface area contributed by atoms with E-state index in [0.717, 1.165) is 25.3 Å². The van der Waals surface area contributed by atoms with Gasteiger partial charge in [0.15, 0.2) is 5.82 Å². The number of tetrazole rings is 1. The van der Waals surface area contributed by atoms with Crippen LogP contribution in [0.15, 0.2) is 0 Å². The Kier molecular flexibility index (Phi) is 2.98. The molecule has 5 nitrogen and oxygen atoms in total. The molecule has 1 saturated heterocycles. The summed E-state index contributed by atoms with van der Waals surface area (Å²) in [6.45, 7) is 2.84. The summed E-state index contributed by atoms with van der Waals surface area (Å²) >= 11 is 5.73. The highest BCUT2D eigenvalue weighted by molar-refractivity contribution is 6.16. The van der Waals surface area contributed by atoms with E-state index in [9.17, 15) is 0 Å². The van der Waals surface area contributed by atoms with Crippen molar-refractivity contribution in [3.05, 3.63) is 5.82 Å². The molecule has 1 fully saturated rings. The highest BCUT2D eigenvalue weighted by Crippen LogP contribution is 2.24. The van der Waals surface area contributed by atoms with E-state index in [-0.39, 0.29) is 6.10 Å². The zero-order chi connectivity index (χ0) is 9.97. The van der Waals surface area contributed by atoms with Gasteiger partial charge in [-0.15, -0.1) is 16.7 Å². The van der Waals surface area contributed by atoms with Crippen molar-refractivity contribution < 1.29 is 4.74 Å². The summed E-state index contributed by atoms with van der Waals surface area (Å²) < 4.78 is 7.29. The fraction of sp³-hybridized carbons (Fsp3) is 0.875. The summed E-state index contributed by atoms with van der Waals surface area (Å²) in [5.41, 5.74) is 0. The minimum absolute atomic E-state index is 0.279. The third kappa shape index (κ3) is 1.88. The van der Waals surface area contributed by atoms with Crippen LogP contribution in [0.2, 0.25) is 0 Å². The maximum absolute atomic E-state index is 5.73. The van der Waals surface area contributed by atoms with E-state index in [1.54, 1.807) is 0 Å². The Labute approximate surface area is 87.4 Å². The Morgan fingerprint density at radius 3 is 3.21 bits per heavy atom. The number of ether oxygens (including phenoxy) is 1. The number of hydrogen-bond donors (Lipinski definition) is 0. The van der Waals surface area contributed by atoms with E-state index >= 15 is 0 Å². The minimum Gasteiger partial charge on any atom is -0.378 e. The molecular weight excluding hydrogens is 204 g/mol. The van der Waals surface area contributed by atoms with E-state index in [2.05, 4.69) is 22.4 Å². The summed E-state index contributed by atoms with van der Waals surface area (Å²) in [6, 6.07) is 0.336. The fourth-order valence-electron chi connectivity index (χ4n) is 1.78. The Morgan fingerprint density at radius 1 is 1.64 bits per heavy atom. The van der Waals surface area contributed by atoms with Crippen LogP contribution in [-0.4, -0.2) is 32.9 Å². The largest absolute Gasteiger partial charge is 0.378 e. The van der Waals surface area contributed by atoms with Gasteiger partial charge in [-0.3, -0.25) is 0 Å². The fourth-order valence-corrected chi connectivity index (χ4v) is 1.96. The van der Waals surface area contributed by atoms with E-state index in [1.165, 1.54) is 0 Å². The molecule has 14 heavy (non-hydrogen) atoms. The predicted octanol–water partition coefficient (Wildman–Crippen LogP) is 1.15. The molecule has 0 N–H and O–H groups in total. The predicted molar refractivity (Wildman–Crippen MR) is 51.1 cm³/mol. The van der Waals surface area contributed by atoms with Gasteiger partial charge in [0.05, 0.1) is 18.0 Å². The average molecular weight is 217 g/mol. The molecule has 1 aromatic heterocycles. The summed E-state index contributed by atoms with van der Waals surface area (Å²) in [4.78, 5) is 0. The second-order valence-corrected chi connectivity index (χ2v) is 3.80. The second kappa shape index (κ2) is 4.23. The quantitative estimate of drug-likeness (QED) is 0.696. The molecule has 0 radical (unpaired) electrons. The molecule has 2 heterocycles. The monoisotopic (exact) mass is 216 g/mol. The maximum atomic E-state index is 5.73. The van der Waals surface area contributed by atoms with Gasteiger partial charge < -0.3 is 4.74 Å². The number of nitrogens with zero attached hydrogens (tertiary/aromatic N) is 4. The lowest BCUT2D eigenvalue weighted by Gasteiger charge is -2.27. The number of hydrogen-bond acceptors (Lipinski definition) is 4. The highest BCUT2D eigenvalue weighted by atomic mass is 35.5. The molecule has 0 bridgehead atoms. The van der Waals surface area contributed by atoms with Gasteiger partial charge in [0.1, 0.15) is 0 Å². The van der Waals surface area contributed by atoms with Crippen LogP contribution in [0.3, 0.4) is 0 Å². The average Bonchev–Trinajstić information content (AvgIpc) is 2.65.